The third-order valence-electron chi connectivity index (χ3n) is 2.87. The second kappa shape index (κ2) is 4.89. The van der Waals surface area contributed by atoms with Gasteiger partial charge in [0.1, 0.15) is 17.4 Å². The van der Waals surface area contributed by atoms with Crippen LogP contribution in [0.15, 0.2) is 12.1 Å². The van der Waals surface area contributed by atoms with Crippen LogP contribution in [0.2, 0.25) is 0 Å². The summed E-state index contributed by atoms with van der Waals surface area (Å²) in [7, 11) is 1.49. The van der Waals surface area contributed by atoms with Crippen molar-refractivity contribution in [1.29, 1.82) is 5.26 Å². The Kier molecular flexibility index (Phi) is 3.70. The van der Waals surface area contributed by atoms with E-state index in [1.807, 2.05) is 0 Å². The molecule has 100 valence electrons. The Hall–Kier alpha value is -2.69. The lowest BCUT2D eigenvalue weighted by Gasteiger charge is -2.32. The first-order valence-electron chi connectivity index (χ1n) is 5.24. The van der Waals surface area contributed by atoms with E-state index in [9.17, 15) is 14.9 Å². The zero-order valence-electron chi connectivity index (χ0n) is 10.6. The highest BCUT2D eigenvalue weighted by molar-refractivity contribution is 5.82. The van der Waals surface area contributed by atoms with E-state index in [2.05, 4.69) is 4.98 Å². The van der Waals surface area contributed by atoms with Gasteiger partial charge in [0.25, 0.3) is 0 Å². The smallest absolute Gasteiger partial charge is 0.328 e. The topological polar surface area (TPSA) is 120 Å². The van der Waals surface area contributed by atoms with Gasteiger partial charge in [-0.1, -0.05) is 0 Å². The maximum atomic E-state index is 11.1. The van der Waals surface area contributed by atoms with Crippen molar-refractivity contribution in [2.45, 2.75) is 19.4 Å². The van der Waals surface area contributed by atoms with E-state index < -0.39 is 22.1 Å². The molecule has 0 aromatic carbocycles. The summed E-state index contributed by atoms with van der Waals surface area (Å²) in [6, 6.07) is 4.07. The fourth-order valence-electron chi connectivity index (χ4n) is 1.29. The molecule has 1 heterocycles. The van der Waals surface area contributed by atoms with Crippen LogP contribution in [0.25, 0.3) is 0 Å². The molecule has 1 N–H and O–H groups in total. The number of carboxylic acid groups (broad SMARTS) is 1. The Balaban J connectivity index is 3.28. The molecule has 8 heteroatoms. The van der Waals surface area contributed by atoms with Crippen LogP contribution in [0.1, 0.15) is 19.5 Å². The Morgan fingerprint density at radius 2 is 2.16 bits per heavy atom. The third kappa shape index (κ3) is 2.60. The molecule has 1 rings (SSSR count). The number of aromatic nitrogens is 1. The summed E-state index contributed by atoms with van der Waals surface area (Å²) in [6.07, 6.45) is 0. The molecule has 0 atom stereocenters. The maximum absolute atomic E-state index is 11.1. The number of nitrogens with zero attached hydrogens (tertiary/aromatic N) is 4. The van der Waals surface area contributed by atoms with E-state index in [4.69, 9.17) is 10.4 Å². The number of likely N-dealkylation sites (N-methyl/N-ethyl adjacent to an activating group) is 1. The molecule has 0 saturated carbocycles. The Morgan fingerprint density at radius 3 is 2.58 bits per heavy atom. The predicted octanol–water partition coefficient (Wildman–Crippen LogP) is 1.16. The highest BCUT2D eigenvalue weighted by Gasteiger charge is 2.33. The average Bonchev–Trinajstić information content (AvgIpc) is 2.36. The minimum absolute atomic E-state index is 0.176. The van der Waals surface area contributed by atoms with Gasteiger partial charge in [-0.05, 0) is 19.9 Å². The summed E-state index contributed by atoms with van der Waals surface area (Å²) in [6.45, 7) is 2.93. The summed E-state index contributed by atoms with van der Waals surface area (Å²) in [5, 5.41) is 28.6. The molecule has 0 radical (unpaired) electrons. The number of carbonyl (C=O) groups is 1. The van der Waals surface area contributed by atoms with Crippen LogP contribution in [0.5, 0.6) is 0 Å². The van der Waals surface area contributed by atoms with Crippen LogP contribution in [-0.2, 0) is 4.79 Å². The molecule has 0 amide bonds. The molecule has 0 aliphatic rings. The van der Waals surface area contributed by atoms with Crippen LogP contribution < -0.4 is 4.90 Å². The maximum Gasteiger partial charge on any atom is 0.328 e. The number of pyridine rings is 1. The molecule has 0 unspecified atom stereocenters. The highest BCUT2D eigenvalue weighted by Crippen LogP contribution is 2.24. The number of hydrogen-bond acceptors (Lipinski definition) is 6. The Morgan fingerprint density at radius 1 is 1.58 bits per heavy atom. The number of hydrogen-bond donors (Lipinski definition) is 1. The van der Waals surface area contributed by atoms with Gasteiger partial charge in [0.2, 0.25) is 5.69 Å². The molecule has 8 nitrogen and oxygen atoms in total. The molecule has 19 heavy (non-hydrogen) atoms. The van der Waals surface area contributed by atoms with Gasteiger partial charge >= 0.3 is 11.7 Å². The third-order valence-corrected chi connectivity index (χ3v) is 2.87. The van der Waals surface area contributed by atoms with Crippen LogP contribution >= 0.6 is 0 Å². The summed E-state index contributed by atoms with van der Waals surface area (Å²) in [4.78, 5) is 26.2. The number of carboxylic acids is 1. The first-order valence-corrected chi connectivity index (χ1v) is 5.24. The predicted molar refractivity (Wildman–Crippen MR) is 65.7 cm³/mol. The Labute approximate surface area is 109 Å². The highest BCUT2D eigenvalue weighted by atomic mass is 16.6. The van der Waals surface area contributed by atoms with E-state index in [-0.39, 0.29) is 11.5 Å². The summed E-state index contributed by atoms with van der Waals surface area (Å²) in [5.41, 5.74) is -2.01. The fourth-order valence-corrected chi connectivity index (χ4v) is 1.29. The van der Waals surface area contributed by atoms with E-state index in [0.29, 0.717) is 0 Å². The van der Waals surface area contributed by atoms with Crippen molar-refractivity contribution in [2.24, 2.45) is 0 Å². The van der Waals surface area contributed by atoms with Gasteiger partial charge in [0, 0.05) is 13.1 Å². The van der Waals surface area contributed by atoms with Crippen molar-refractivity contribution < 1.29 is 14.8 Å². The van der Waals surface area contributed by atoms with Gasteiger partial charge in [-0.2, -0.15) is 5.26 Å². The van der Waals surface area contributed by atoms with Crippen molar-refractivity contribution in [3.8, 4) is 6.07 Å². The summed E-state index contributed by atoms with van der Waals surface area (Å²) >= 11 is 0. The van der Waals surface area contributed by atoms with Gasteiger partial charge in [0.15, 0.2) is 0 Å². The number of anilines is 1. The van der Waals surface area contributed by atoms with Crippen LogP contribution in [-0.4, -0.2) is 33.6 Å². The lowest BCUT2D eigenvalue weighted by atomic mass is 10.0. The molecule has 0 fully saturated rings. The van der Waals surface area contributed by atoms with Gasteiger partial charge < -0.3 is 10.0 Å². The molecule has 0 spiro atoms. The zero-order valence-corrected chi connectivity index (χ0v) is 10.6. The van der Waals surface area contributed by atoms with Crippen molar-refractivity contribution in [1.82, 2.24) is 4.98 Å². The van der Waals surface area contributed by atoms with Crippen molar-refractivity contribution in [2.75, 3.05) is 11.9 Å². The van der Waals surface area contributed by atoms with Crippen molar-refractivity contribution in [3.63, 3.8) is 0 Å². The standard InChI is InChI=1S/C11H12N4O4/c1-11(2,10(16)17)14(3)9-5-4-8(15(18)19)7(6-12)13-9/h4-5H,1-3H3,(H,16,17). The molecular formula is C11H12N4O4. The SMILES string of the molecule is CN(c1ccc([N+](=O)[O-])c(C#N)n1)C(C)(C)C(=O)O. The van der Waals surface area contributed by atoms with E-state index in [1.165, 1.54) is 31.9 Å². The summed E-state index contributed by atoms with van der Waals surface area (Å²) in [5.74, 6) is -0.900. The van der Waals surface area contributed by atoms with Gasteiger partial charge in [-0.3, -0.25) is 10.1 Å². The first kappa shape index (κ1) is 14.4. The number of nitriles is 1. The quantitative estimate of drug-likeness (QED) is 0.639. The van der Waals surface area contributed by atoms with Gasteiger partial charge in [0.05, 0.1) is 4.92 Å². The minimum Gasteiger partial charge on any atom is -0.480 e. The fraction of sp³-hybridized carbons (Fsp3) is 0.364. The van der Waals surface area contributed by atoms with E-state index in [1.54, 1.807) is 6.07 Å². The monoisotopic (exact) mass is 264 g/mol. The van der Waals surface area contributed by atoms with Crippen LogP contribution in [0.3, 0.4) is 0 Å². The molecule has 0 aliphatic carbocycles. The van der Waals surface area contributed by atoms with Crippen LogP contribution in [0.4, 0.5) is 11.5 Å². The van der Waals surface area contributed by atoms with E-state index >= 15 is 0 Å². The normalized spacial score (nSPS) is 10.6. The summed E-state index contributed by atoms with van der Waals surface area (Å²) < 4.78 is 0. The lowest BCUT2D eigenvalue weighted by Crippen LogP contribution is -2.48. The molecule has 0 saturated heterocycles. The largest absolute Gasteiger partial charge is 0.480 e. The molecule has 0 aliphatic heterocycles. The average molecular weight is 264 g/mol. The number of rotatable bonds is 4. The van der Waals surface area contributed by atoms with Gasteiger partial charge in [-0.25, -0.2) is 9.78 Å². The molecule has 1 aromatic heterocycles. The van der Waals surface area contributed by atoms with Crippen molar-refractivity contribution in [3.05, 3.63) is 27.9 Å². The van der Waals surface area contributed by atoms with Gasteiger partial charge in [-0.15, -0.1) is 0 Å². The first-order chi connectivity index (χ1) is 8.71. The zero-order chi connectivity index (χ0) is 14.8. The second-order valence-electron chi connectivity index (χ2n) is 4.33. The van der Waals surface area contributed by atoms with Crippen LogP contribution in [0, 0.1) is 21.4 Å². The second-order valence-corrected chi connectivity index (χ2v) is 4.33. The number of nitro groups is 1. The Bertz CT molecular complexity index is 577. The van der Waals surface area contributed by atoms with Crippen molar-refractivity contribution >= 4 is 17.5 Å². The molecular weight excluding hydrogens is 252 g/mol. The number of aliphatic carboxylic acids is 1. The lowest BCUT2D eigenvalue weighted by molar-refractivity contribution is -0.385. The van der Waals surface area contributed by atoms with E-state index in [0.717, 1.165) is 6.07 Å². The molecule has 1 aromatic rings. The molecule has 0 bridgehead atoms. The minimum atomic E-state index is -1.25.